The molecule has 21 heavy (non-hydrogen) atoms. The van der Waals surface area contributed by atoms with Gasteiger partial charge in [0, 0.05) is 19.1 Å². The molecule has 114 valence electrons. The summed E-state index contributed by atoms with van der Waals surface area (Å²) in [6.45, 7) is 1.41. The van der Waals surface area contributed by atoms with E-state index >= 15 is 0 Å². The van der Waals surface area contributed by atoms with Crippen LogP contribution in [-0.4, -0.2) is 54.8 Å². The molecule has 1 aromatic heterocycles. The quantitative estimate of drug-likeness (QED) is 0.850. The van der Waals surface area contributed by atoms with E-state index in [4.69, 9.17) is 0 Å². The zero-order valence-electron chi connectivity index (χ0n) is 11.8. The highest BCUT2D eigenvalue weighted by Crippen LogP contribution is 2.48. The van der Waals surface area contributed by atoms with Gasteiger partial charge in [0.15, 0.2) is 0 Å². The summed E-state index contributed by atoms with van der Waals surface area (Å²) in [5.41, 5.74) is 0.630. The molecule has 1 aliphatic carbocycles. The van der Waals surface area contributed by atoms with E-state index in [1.807, 2.05) is 4.90 Å². The monoisotopic (exact) mass is 310 g/mol. The number of nitrogens with zero attached hydrogens (tertiary/aromatic N) is 3. The first-order chi connectivity index (χ1) is 9.87. The molecular weight excluding hydrogens is 292 g/mol. The van der Waals surface area contributed by atoms with E-state index in [0.717, 1.165) is 19.3 Å². The van der Waals surface area contributed by atoms with Gasteiger partial charge in [-0.05, 0) is 30.7 Å². The van der Waals surface area contributed by atoms with Gasteiger partial charge in [0.2, 0.25) is 10.0 Å². The molecule has 8 heteroatoms. The van der Waals surface area contributed by atoms with Crippen molar-refractivity contribution in [2.24, 2.45) is 5.41 Å². The highest BCUT2D eigenvalue weighted by molar-refractivity contribution is 7.88. The minimum Gasteiger partial charge on any atom is -0.338 e. The Labute approximate surface area is 123 Å². The number of likely N-dealkylation sites (tertiary alicyclic amines) is 1. The van der Waals surface area contributed by atoms with Crippen molar-refractivity contribution < 1.29 is 13.2 Å². The molecule has 0 unspecified atom stereocenters. The number of aromatic nitrogens is 2. The molecule has 2 heterocycles. The predicted octanol–water partition coefficient (Wildman–Crippen LogP) is 0.0205. The highest BCUT2D eigenvalue weighted by atomic mass is 32.2. The van der Waals surface area contributed by atoms with Crippen LogP contribution >= 0.6 is 0 Å². The second kappa shape index (κ2) is 5.03. The van der Waals surface area contributed by atoms with Gasteiger partial charge >= 0.3 is 0 Å². The molecule has 7 nitrogen and oxygen atoms in total. The maximum atomic E-state index is 12.3. The number of carbonyl (C=O) groups excluding carboxylic acids is 1. The van der Waals surface area contributed by atoms with Crippen LogP contribution in [0.4, 0.5) is 0 Å². The zero-order valence-corrected chi connectivity index (χ0v) is 12.6. The smallest absolute Gasteiger partial charge is 0.255 e. The Morgan fingerprint density at radius 2 is 2.19 bits per heavy atom. The molecular formula is C13H18N4O3S. The molecule has 1 aliphatic heterocycles. The predicted molar refractivity (Wildman–Crippen MR) is 76.0 cm³/mol. The van der Waals surface area contributed by atoms with Crippen LogP contribution in [0.25, 0.3) is 0 Å². The molecule has 1 aromatic rings. The summed E-state index contributed by atoms with van der Waals surface area (Å²) in [4.78, 5) is 14.2. The second-order valence-corrected chi connectivity index (χ2v) is 7.88. The topological polar surface area (TPSA) is 92.3 Å². The van der Waals surface area contributed by atoms with Crippen molar-refractivity contribution in [1.29, 1.82) is 0 Å². The molecule has 2 aliphatic rings. The van der Waals surface area contributed by atoms with Crippen LogP contribution in [-0.2, 0) is 10.0 Å². The average molecular weight is 310 g/mol. The number of carbonyl (C=O) groups is 1. The van der Waals surface area contributed by atoms with E-state index < -0.39 is 10.0 Å². The summed E-state index contributed by atoms with van der Waals surface area (Å²) in [6, 6.07) is 1.67. The fourth-order valence-electron chi connectivity index (χ4n) is 3.41. The van der Waals surface area contributed by atoms with Gasteiger partial charge in [-0.15, -0.1) is 0 Å². The van der Waals surface area contributed by atoms with Crippen molar-refractivity contribution in [2.45, 2.75) is 25.3 Å². The summed E-state index contributed by atoms with van der Waals surface area (Å²) < 4.78 is 25.0. The number of amides is 1. The number of hydrogen-bond donors (Lipinski definition) is 1. The molecule has 1 N–H and O–H groups in total. The highest BCUT2D eigenvalue weighted by Gasteiger charge is 2.50. The Bertz CT molecular complexity index is 641. The first-order valence-corrected chi connectivity index (χ1v) is 8.79. The standard InChI is InChI=1S/C13H18N4O3S/c1-21(19,20)16-11-6-13(7-11)3-5-17(9-13)12(18)10-2-4-14-15-8-10/h2,4,8,11,16H,3,5-7,9H2,1H3. The lowest BCUT2D eigenvalue weighted by molar-refractivity contribution is 0.0687. The Morgan fingerprint density at radius 3 is 2.81 bits per heavy atom. The maximum Gasteiger partial charge on any atom is 0.255 e. The van der Waals surface area contributed by atoms with Gasteiger partial charge in [0.1, 0.15) is 0 Å². The van der Waals surface area contributed by atoms with Gasteiger partial charge < -0.3 is 4.90 Å². The van der Waals surface area contributed by atoms with Crippen LogP contribution in [0.3, 0.4) is 0 Å². The largest absolute Gasteiger partial charge is 0.338 e. The summed E-state index contributed by atoms with van der Waals surface area (Å²) in [5, 5.41) is 7.39. The third kappa shape index (κ3) is 3.06. The lowest BCUT2D eigenvalue weighted by Gasteiger charge is -2.45. The van der Waals surface area contributed by atoms with E-state index in [2.05, 4.69) is 14.9 Å². The second-order valence-electron chi connectivity index (χ2n) is 6.10. The lowest BCUT2D eigenvalue weighted by atomic mass is 9.65. The number of sulfonamides is 1. The Hall–Kier alpha value is -1.54. The Morgan fingerprint density at radius 1 is 1.43 bits per heavy atom. The molecule has 1 spiro atoms. The molecule has 0 atom stereocenters. The molecule has 2 fully saturated rings. The van der Waals surface area contributed by atoms with E-state index in [9.17, 15) is 13.2 Å². The zero-order chi connectivity index (χ0) is 15.1. The van der Waals surface area contributed by atoms with Crippen LogP contribution < -0.4 is 4.72 Å². The third-order valence-corrected chi connectivity index (χ3v) is 5.06. The summed E-state index contributed by atoms with van der Waals surface area (Å²) in [6.07, 6.45) is 6.70. The summed E-state index contributed by atoms with van der Waals surface area (Å²) in [7, 11) is -3.15. The fourth-order valence-corrected chi connectivity index (χ4v) is 4.19. The lowest BCUT2D eigenvalue weighted by Crippen LogP contribution is -2.51. The Kier molecular flexibility index (Phi) is 3.45. The van der Waals surface area contributed by atoms with E-state index in [1.54, 1.807) is 6.07 Å². The maximum absolute atomic E-state index is 12.3. The SMILES string of the molecule is CS(=O)(=O)NC1CC2(CCN(C(=O)c3ccnnc3)C2)C1. The van der Waals surface area contributed by atoms with Crippen LogP contribution in [0.2, 0.25) is 0 Å². The van der Waals surface area contributed by atoms with Crippen LogP contribution in [0, 0.1) is 5.41 Å². The van der Waals surface area contributed by atoms with Gasteiger partial charge in [-0.25, -0.2) is 13.1 Å². The van der Waals surface area contributed by atoms with E-state index in [1.165, 1.54) is 18.6 Å². The molecule has 0 radical (unpaired) electrons. The van der Waals surface area contributed by atoms with E-state index in [0.29, 0.717) is 18.7 Å². The molecule has 3 rings (SSSR count). The summed E-state index contributed by atoms with van der Waals surface area (Å²) in [5.74, 6) is -0.0266. The van der Waals surface area contributed by atoms with Gasteiger partial charge in [0.05, 0.1) is 24.2 Å². The average Bonchev–Trinajstić information content (AvgIpc) is 2.82. The van der Waals surface area contributed by atoms with Gasteiger partial charge in [-0.1, -0.05) is 0 Å². The fraction of sp³-hybridized carbons (Fsp3) is 0.615. The minimum absolute atomic E-state index is 0.0117. The minimum atomic E-state index is -3.15. The number of nitrogens with one attached hydrogen (secondary N) is 1. The van der Waals surface area contributed by atoms with Gasteiger partial charge in [-0.3, -0.25) is 4.79 Å². The molecule has 0 aromatic carbocycles. The third-order valence-electron chi connectivity index (χ3n) is 4.30. The summed E-state index contributed by atoms with van der Waals surface area (Å²) >= 11 is 0. The van der Waals surface area contributed by atoms with Crippen LogP contribution in [0.1, 0.15) is 29.6 Å². The van der Waals surface area contributed by atoms with Gasteiger partial charge in [0.25, 0.3) is 5.91 Å². The number of hydrogen-bond acceptors (Lipinski definition) is 5. The van der Waals surface area contributed by atoms with Crippen LogP contribution in [0.15, 0.2) is 18.5 Å². The van der Waals surface area contributed by atoms with Crippen LogP contribution in [0.5, 0.6) is 0 Å². The molecule has 1 saturated heterocycles. The van der Waals surface area contributed by atoms with Crippen molar-refractivity contribution in [1.82, 2.24) is 19.8 Å². The normalized spacial score (nSPS) is 28.6. The number of rotatable bonds is 3. The van der Waals surface area contributed by atoms with Crippen molar-refractivity contribution in [3.63, 3.8) is 0 Å². The van der Waals surface area contributed by atoms with Gasteiger partial charge in [-0.2, -0.15) is 10.2 Å². The first-order valence-electron chi connectivity index (χ1n) is 6.90. The van der Waals surface area contributed by atoms with Crippen molar-refractivity contribution >= 4 is 15.9 Å². The molecule has 1 saturated carbocycles. The first kappa shape index (κ1) is 14.4. The van der Waals surface area contributed by atoms with Crippen molar-refractivity contribution in [3.05, 3.63) is 24.0 Å². The van der Waals surface area contributed by atoms with E-state index in [-0.39, 0.29) is 17.4 Å². The molecule has 0 bridgehead atoms. The van der Waals surface area contributed by atoms with Crippen molar-refractivity contribution in [2.75, 3.05) is 19.3 Å². The molecule has 1 amide bonds. The Balaban J connectivity index is 1.59. The van der Waals surface area contributed by atoms with Crippen molar-refractivity contribution in [3.8, 4) is 0 Å².